The second kappa shape index (κ2) is 8.42. The number of pyridine rings is 1. The fourth-order valence-electron chi connectivity index (χ4n) is 2.79. The lowest BCUT2D eigenvalue weighted by atomic mass is 10.1. The summed E-state index contributed by atoms with van der Waals surface area (Å²) in [6.07, 6.45) is 3.37. The first kappa shape index (κ1) is 20.9. The maximum Gasteiger partial charge on any atom is 0.289 e. The van der Waals surface area contributed by atoms with E-state index in [4.69, 9.17) is 11.6 Å². The molecular formula is C20H13ClN4O4S2. The molecule has 4 rings (SSSR count). The van der Waals surface area contributed by atoms with Crippen molar-refractivity contribution in [2.75, 3.05) is 4.72 Å². The zero-order valence-corrected chi connectivity index (χ0v) is 18.0. The number of nitrogens with zero attached hydrogens (tertiary/aromatic N) is 3. The third-order valence-corrected chi connectivity index (χ3v) is 6.86. The minimum Gasteiger partial charge on any atom is -0.280 e. The highest BCUT2D eigenvalue weighted by atomic mass is 35.5. The van der Waals surface area contributed by atoms with Crippen LogP contribution in [0, 0.1) is 10.1 Å². The van der Waals surface area contributed by atoms with Gasteiger partial charge in [-0.1, -0.05) is 23.7 Å². The van der Waals surface area contributed by atoms with E-state index in [9.17, 15) is 18.5 Å². The van der Waals surface area contributed by atoms with Crippen LogP contribution in [0.25, 0.3) is 21.8 Å². The smallest absolute Gasteiger partial charge is 0.280 e. The van der Waals surface area contributed by atoms with Gasteiger partial charge in [-0.3, -0.25) is 19.8 Å². The van der Waals surface area contributed by atoms with Crippen LogP contribution in [0.1, 0.15) is 0 Å². The molecule has 1 N–H and O–H groups in total. The van der Waals surface area contributed by atoms with E-state index in [0.29, 0.717) is 11.4 Å². The molecular weight excluding hydrogens is 460 g/mol. The van der Waals surface area contributed by atoms with Gasteiger partial charge in [0, 0.05) is 40.7 Å². The number of aromatic nitrogens is 2. The molecule has 11 heteroatoms. The monoisotopic (exact) mass is 472 g/mol. The Bertz CT molecular complexity index is 1370. The summed E-state index contributed by atoms with van der Waals surface area (Å²) >= 11 is 7.24. The molecule has 2 aromatic heterocycles. The van der Waals surface area contributed by atoms with E-state index < -0.39 is 20.6 Å². The Hall–Kier alpha value is -3.34. The minimum atomic E-state index is -4.06. The zero-order chi connectivity index (χ0) is 22.0. The number of benzene rings is 2. The number of sulfonamides is 1. The summed E-state index contributed by atoms with van der Waals surface area (Å²) in [5.41, 5.74) is 2.17. The highest BCUT2D eigenvalue weighted by Crippen LogP contribution is 2.31. The number of nitro groups is 1. The molecule has 2 aromatic carbocycles. The Labute approximate surface area is 186 Å². The highest BCUT2D eigenvalue weighted by molar-refractivity contribution is 7.92. The van der Waals surface area contributed by atoms with Gasteiger partial charge in [0.1, 0.15) is 10.0 Å². The van der Waals surface area contributed by atoms with Crippen molar-refractivity contribution < 1.29 is 13.3 Å². The largest absolute Gasteiger partial charge is 0.289 e. The van der Waals surface area contributed by atoms with Gasteiger partial charge in [0.05, 0.1) is 15.5 Å². The molecule has 0 spiro atoms. The second-order valence-corrected chi connectivity index (χ2v) is 9.28. The molecule has 0 saturated carbocycles. The molecule has 0 amide bonds. The quantitative estimate of drug-likeness (QED) is 0.303. The second-order valence-electron chi connectivity index (χ2n) is 6.33. The maximum absolute atomic E-state index is 12.7. The van der Waals surface area contributed by atoms with Crippen molar-refractivity contribution in [1.82, 2.24) is 9.97 Å². The van der Waals surface area contributed by atoms with E-state index in [0.717, 1.165) is 22.2 Å². The first-order chi connectivity index (χ1) is 14.8. The average Bonchev–Trinajstić information content (AvgIpc) is 3.25. The Balaban J connectivity index is 1.61. The molecule has 2 heterocycles. The van der Waals surface area contributed by atoms with Gasteiger partial charge in [0.25, 0.3) is 15.7 Å². The maximum atomic E-state index is 12.7. The van der Waals surface area contributed by atoms with E-state index in [1.54, 1.807) is 30.6 Å². The predicted molar refractivity (Wildman–Crippen MR) is 120 cm³/mol. The number of thiazole rings is 1. The van der Waals surface area contributed by atoms with Gasteiger partial charge < -0.3 is 0 Å². The number of halogens is 1. The zero-order valence-electron chi connectivity index (χ0n) is 15.6. The Morgan fingerprint density at radius 2 is 1.81 bits per heavy atom. The van der Waals surface area contributed by atoms with Gasteiger partial charge in [-0.2, -0.15) is 0 Å². The average molecular weight is 473 g/mol. The van der Waals surface area contributed by atoms with E-state index >= 15 is 0 Å². The van der Waals surface area contributed by atoms with Crippen LogP contribution in [0.3, 0.4) is 0 Å². The minimum absolute atomic E-state index is 0.139. The number of nitro benzene ring substituents is 1. The fraction of sp³-hybridized carbons (Fsp3) is 0. The number of anilines is 1. The molecule has 4 aromatic rings. The molecule has 0 saturated heterocycles. The van der Waals surface area contributed by atoms with E-state index in [1.165, 1.54) is 23.5 Å². The van der Waals surface area contributed by atoms with Gasteiger partial charge in [-0.05, 0) is 36.4 Å². The summed E-state index contributed by atoms with van der Waals surface area (Å²) in [5.74, 6) is 0. The number of nitrogens with one attached hydrogen (secondary N) is 1. The Morgan fingerprint density at radius 3 is 2.55 bits per heavy atom. The van der Waals surface area contributed by atoms with Crippen LogP contribution in [-0.2, 0) is 10.0 Å². The summed E-state index contributed by atoms with van der Waals surface area (Å²) in [7, 11) is -4.06. The third-order valence-electron chi connectivity index (χ3n) is 4.27. The first-order valence-corrected chi connectivity index (χ1v) is 11.5. The molecule has 0 aliphatic rings. The first-order valence-electron chi connectivity index (χ1n) is 8.76. The molecule has 0 fully saturated rings. The van der Waals surface area contributed by atoms with Gasteiger partial charge in [0.2, 0.25) is 0 Å². The molecule has 0 unspecified atom stereocenters. The SMILES string of the molecule is O=[N+]([O-])c1cc(S(=O)(=O)Nc2cccc(-c3csc(-c4ccncc4)n3)c2)ccc1Cl. The van der Waals surface area contributed by atoms with Crippen molar-refractivity contribution >= 4 is 44.3 Å². The molecule has 8 nitrogen and oxygen atoms in total. The molecule has 0 aliphatic heterocycles. The van der Waals surface area contributed by atoms with Crippen molar-refractivity contribution in [2.45, 2.75) is 4.90 Å². The Morgan fingerprint density at radius 1 is 1.03 bits per heavy atom. The van der Waals surface area contributed by atoms with Crippen molar-refractivity contribution in [3.8, 4) is 21.8 Å². The topological polar surface area (TPSA) is 115 Å². The lowest BCUT2D eigenvalue weighted by Gasteiger charge is -2.09. The van der Waals surface area contributed by atoms with Crippen molar-refractivity contribution in [2.24, 2.45) is 0 Å². The van der Waals surface area contributed by atoms with Crippen LogP contribution in [0.4, 0.5) is 11.4 Å². The normalized spacial score (nSPS) is 11.3. The summed E-state index contributed by atoms with van der Waals surface area (Å²) in [5, 5.41) is 13.6. The molecule has 0 radical (unpaired) electrons. The van der Waals surface area contributed by atoms with Crippen molar-refractivity contribution in [3.63, 3.8) is 0 Å². The molecule has 0 atom stereocenters. The predicted octanol–water partition coefficient (Wildman–Crippen LogP) is 5.23. The van der Waals surface area contributed by atoms with Gasteiger partial charge in [0.15, 0.2) is 0 Å². The third kappa shape index (κ3) is 4.55. The van der Waals surface area contributed by atoms with Crippen LogP contribution < -0.4 is 4.72 Å². The standard InChI is InChI=1S/C20H13ClN4O4S2/c21-17-5-4-16(11-19(17)25(26)27)31(28,29)24-15-3-1-2-14(10-15)18-12-30-20(23-18)13-6-8-22-9-7-13/h1-12,24H. The van der Waals surface area contributed by atoms with E-state index in [-0.39, 0.29) is 9.92 Å². The number of hydrogen-bond donors (Lipinski definition) is 1. The number of hydrogen-bond acceptors (Lipinski definition) is 7. The van der Waals surface area contributed by atoms with Gasteiger partial charge in [-0.15, -0.1) is 11.3 Å². The number of rotatable bonds is 6. The molecule has 156 valence electrons. The summed E-state index contributed by atoms with van der Waals surface area (Å²) in [6.45, 7) is 0. The molecule has 31 heavy (non-hydrogen) atoms. The summed E-state index contributed by atoms with van der Waals surface area (Å²) < 4.78 is 27.9. The van der Waals surface area contributed by atoms with E-state index in [2.05, 4.69) is 14.7 Å². The lowest BCUT2D eigenvalue weighted by Crippen LogP contribution is -2.13. The van der Waals surface area contributed by atoms with Crippen LogP contribution in [0.15, 0.2) is 77.3 Å². The molecule has 0 bridgehead atoms. The van der Waals surface area contributed by atoms with Crippen LogP contribution in [0.2, 0.25) is 5.02 Å². The van der Waals surface area contributed by atoms with Crippen molar-refractivity contribution in [3.05, 3.63) is 87.5 Å². The highest BCUT2D eigenvalue weighted by Gasteiger charge is 2.21. The van der Waals surface area contributed by atoms with Gasteiger partial charge in [-0.25, -0.2) is 13.4 Å². The molecule has 0 aliphatic carbocycles. The van der Waals surface area contributed by atoms with Gasteiger partial charge >= 0.3 is 0 Å². The van der Waals surface area contributed by atoms with Crippen molar-refractivity contribution in [1.29, 1.82) is 0 Å². The summed E-state index contributed by atoms with van der Waals surface area (Å²) in [4.78, 5) is 18.7. The Kier molecular flexibility index (Phi) is 5.68. The van der Waals surface area contributed by atoms with Crippen LogP contribution in [-0.4, -0.2) is 23.3 Å². The summed E-state index contributed by atoms with van der Waals surface area (Å²) in [6, 6.07) is 13.8. The van der Waals surface area contributed by atoms with Crippen LogP contribution >= 0.6 is 22.9 Å². The van der Waals surface area contributed by atoms with E-state index in [1.807, 2.05) is 23.6 Å². The fourth-order valence-corrected chi connectivity index (χ4v) is 4.88. The van der Waals surface area contributed by atoms with Crippen LogP contribution in [0.5, 0.6) is 0 Å². The lowest BCUT2D eigenvalue weighted by molar-refractivity contribution is -0.384.